The summed E-state index contributed by atoms with van der Waals surface area (Å²) < 4.78 is 20.8. The summed E-state index contributed by atoms with van der Waals surface area (Å²) >= 11 is 4.96. The van der Waals surface area contributed by atoms with Gasteiger partial charge in [-0.3, -0.25) is 4.79 Å². The van der Waals surface area contributed by atoms with Crippen LogP contribution < -0.4 is 4.74 Å². The lowest BCUT2D eigenvalue weighted by atomic mass is 9.88. The van der Waals surface area contributed by atoms with Crippen molar-refractivity contribution in [2.75, 3.05) is 19.7 Å². The van der Waals surface area contributed by atoms with Crippen molar-refractivity contribution >= 4 is 33.2 Å². The number of halogens is 2. The second kappa shape index (κ2) is 8.74. The summed E-state index contributed by atoms with van der Waals surface area (Å²) in [6.07, 6.45) is 2.50. The Morgan fingerprint density at radius 2 is 2.04 bits per heavy atom. The number of piperidine rings is 1. The Morgan fingerprint density at radius 3 is 2.70 bits per heavy atom. The fourth-order valence-corrected chi connectivity index (χ4v) is 5.20. The number of carbonyl (C=O) groups excluding carboxylic acids is 1. The van der Waals surface area contributed by atoms with Crippen LogP contribution in [-0.2, 0) is 0 Å². The van der Waals surface area contributed by atoms with Crippen molar-refractivity contribution in [3.63, 3.8) is 0 Å². The van der Waals surface area contributed by atoms with Crippen molar-refractivity contribution in [1.82, 2.24) is 4.90 Å². The Morgan fingerprint density at radius 1 is 1.33 bits per heavy atom. The number of carbonyl (C=O) groups is 1. The van der Waals surface area contributed by atoms with Crippen LogP contribution in [0.25, 0.3) is 0 Å². The van der Waals surface area contributed by atoms with Gasteiger partial charge in [-0.1, -0.05) is 36.0 Å². The number of rotatable bonds is 5. The fourth-order valence-electron chi connectivity index (χ4n) is 3.47. The Bertz CT molecular complexity index is 828. The fraction of sp³-hybridized carbons (Fsp3) is 0.476. The molecule has 0 saturated carbocycles. The summed E-state index contributed by atoms with van der Waals surface area (Å²) in [4.78, 5) is 15.6. The van der Waals surface area contributed by atoms with Crippen LogP contribution in [0.1, 0.15) is 58.5 Å². The minimum atomic E-state index is -0.138. The molecule has 2 aromatic rings. The molecule has 1 aliphatic rings. The number of ether oxygens (including phenoxy) is 1. The van der Waals surface area contributed by atoms with Crippen molar-refractivity contribution in [2.24, 2.45) is 0 Å². The quantitative estimate of drug-likeness (QED) is 0.549. The van der Waals surface area contributed by atoms with E-state index in [1.54, 1.807) is 12.1 Å². The number of hydrogen-bond donors (Lipinski definition) is 0. The first-order chi connectivity index (χ1) is 12.9. The van der Waals surface area contributed by atoms with Crippen molar-refractivity contribution in [2.45, 2.75) is 46.0 Å². The number of hydrogen-bond acceptors (Lipinski definition) is 3. The minimum absolute atomic E-state index is 0.0488. The van der Waals surface area contributed by atoms with E-state index in [-0.39, 0.29) is 17.6 Å². The van der Waals surface area contributed by atoms with E-state index in [9.17, 15) is 9.18 Å². The minimum Gasteiger partial charge on any atom is -0.483 e. The molecule has 1 amide bonds. The normalized spacial score (nSPS) is 15.2. The average Bonchev–Trinajstić information content (AvgIpc) is 2.96. The molecule has 0 radical (unpaired) electrons. The highest BCUT2D eigenvalue weighted by Gasteiger charge is 2.29. The maximum atomic E-state index is 14.2. The highest BCUT2D eigenvalue weighted by molar-refractivity contribution is 9.10. The van der Waals surface area contributed by atoms with Gasteiger partial charge in [-0.25, -0.2) is 4.39 Å². The molecule has 0 unspecified atom stereocenters. The van der Waals surface area contributed by atoms with Crippen LogP contribution in [-0.4, -0.2) is 30.5 Å². The van der Waals surface area contributed by atoms with Crippen molar-refractivity contribution < 1.29 is 13.9 Å². The molecular weight excluding hydrogens is 429 g/mol. The SMILES string of the molecule is CCCOc1sc(C(=O)N2CCC(c3cc(C)ccc3F)CC2)c(C)c1Br. The lowest BCUT2D eigenvalue weighted by Gasteiger charge is -2.32. The van der Waals surface area contributed by atoms with Gasteiger partial charge < -0.3 is 9.64 Å². The Labute approximate surface area is 172 Å². The zero-order valence-electron chi connectivity index (χ0n) is 16.0. The van der Waals surface area contributed by atoms with Crippen LogP contribution >= 0.6 is 27.3 Å². The van der Waals surface area contributed by atoms with Gasteiger partial charge in [0.25, 0.3) is 5.91 Å². The molecule has 1 aliphatic heterocycles. The molecule has 0 bridgehead atoms. The first-order valence-corrected chi connectivity index (χ1v) is 11.0. The third-order valence-corrected chi connectivity index (χ3v) is 7.46. The van der Waals surface area contributed by atoms with Crippen LogP contribution in [0.3, 0.4) is 0 Å². The molecule has 2 heterocycles. The number of benzene rings is 1. The Hall–Kier alpha value is -1.40. The molecule has 0 atom stereocenters. The third kappa shape index (κ3) is 4.37. The van der Waals surface area contributed by atoms with Crippen LogP contribution in [0.4, 0.5) is 4.39 Å². The zero-order valence-corrected chi connectivity index (χ0v) is 18.4. The van der Waals surface area contributed by atoms with E-state index in [4.69, 9.17) is 4.74 Å². The van der Waals surface area contributed by atoms with Gasteiger partial charge in [0, 0.05) is 13.1 Å². The van der Waals surface area contributed by atoms with Crippen molar-refractivity contribution in [1.29, 1.82) is 0 Å². The summed E-state index contributed by atoms with van der Waals surface area (Å²) in [6, 6.07) is 5.29. The van der Waals surface area contributed by atoms with Gasteiger partial charge in [-0.15, -0.1) is 0 Å². The number of amides is 1. The summed E-state index contributed by atoms with van der Waals surface area (Å²) in [7, 11) is 0. The monoisotopic (exact) mass is 453 g/mol. The molecule has 6 heteroatoms. The molecular formula is C21H25BrFNO2S. The third-order valence-electron chi connectivity index (χ3n) is 5.05. The Kier molecular flexibility index (Phi) is 6.58. The lowest BCUT2D eigenvalue weighted by molar-refractivity contribution is 0.0716. The van der Waals surface area contributed by atoms with Crippen LogP contribution in [0, 0.1) is 19.7 Å². The number of likely N-dealkylation sites (tertiary alicyclic amines) is 1. The van der Waals surface area contributed by atoms with E-state index in [0.717, 1.165) is 50.4 Å². The topological polar surface area (TPSA) is 29.5 Å². The molecule has 0 spiro atoms. The first kappa shape index (κ1) is 20.3. The summed E-state index contributed by atoms with van der Waals surface area (Å²) in [6.45, 7) is 7.92. The number of aryl methyl sites for hydroxylation is 1. The molecule has 1 aromatic carbocycles. The number of nitrogens with zero attached hydrogens (tertiary/aromatic N) is 1. The van der Waals surface area contributed by atoms with E-state index in [1.807, 2.05) is 24.8 Å². The smallest absolute Gasteiger partial charge is 0.264 e. The van der Waals surface area contributed by atoms with Gasteiger partial charge >= 0.3 is 0 Å². The van der Waals surface area contributed by atoms with Crippen LogP contribution in [0.2, 0.25) is 0 Å². The van der Waals surface area contributed by atoms with Gasteiger partial charge in [-0.2, -0.15) is 0 Å². The molecule has 146 valence electrons. The predicted molar refractivity (Wildman–Crippen MR) is 112 cm³/mol. The lowest BCUT2D eigenvalue weighted by Crippen LogP contribution is -2.38. The second-order valence-electron chi connectivity index (χ2n) is 7.10. The molecule has 0 aliphatic carbocycles. The van der Waals surface area contributed by atoms with Crippen molar-refractivity contribution in [3.8, 4) is 5.06 Å². The summed E-state index contributed by atoms with van der Waals surface area (Å²) in [5.41, 5.74) is 2.79. The Balaban J connectivity index is 1.69. The highest BCUT2D eigenvalue weighted by atomic mass is 79.9. The van der Waals surface area contributed by atoms with E-state index in [2.05, 4.69) is 22.9 Å². The number of thiophene rings is 1. The zero-order chi connectivity index (χ0) is 19.6. The van der Waals surface area contributed by atoms with Crippen LogP contribution in [0.5, 0.6) is 5.06 Å². The molecule has 27 heavy (non-hydrogen) atoms. The van der Waals surface area contributed by atoms with E-state index < -0.39 is 0 Å². The highest BCUT2D eigenvalue weighted by Crippen LogP contribution is 2.40. The maximum absolute atomic E-state index is 14.2. The van der Waals surface area contributed by atoms with E-state index in [1.165, 1.54) is 11.3 Å². The standard InChI is InChI=1S/C21H25BrFNO2S/c1-4-11-26-21-18(22)14(3)19(27-21)20(25)24-9-7-15(8-10-24)16-12-13(2)5-6-17(16)23/h5-6,12,15H,4,7-11H2,1-3H3. The van der Waals surface area contributed by atoms with Crippen molar-refractivity contribution in [3.05, 3.63) is 50.1 Å². The molecule has 3 rings (SSSR count). The first-order valence-electron chi connectivity index (χ1n) is 9.39. The van der Waals surface area contributed by atoms with E-state index >= 15 is 0 Å². The summed E-state index contributed by atoms with van der Waals surface area (Å²) in [5, 5.41) is 0.773. The average molecular weight is 454 g/mol. The van der Waals surface area contributed by atoms with Gasteiger partial charge in [-0.05, 0) is 72.2 Å². The van der Waals surface area contributed by atoms with Gasteiger partial charge in [0.05, 0.1) is 16.0 Å². The molecule has 0 N–H and O–H groups in total. The van der Waals surface area contributed by atoms with Gasteiger partial charge in [0.2, 0.25) is 0 Å². The van der Waals surface area contributed by atoms with Crippen LogP contribution in [0.15, 0.2) is 22.7 Å². The van der Waals surface area contributed by atoms with E-state index in [0.29, 0.717) is 19.7 Å². The molecule has 3 nitrogen and oxygen atoms in total. The summed E-state index contributed by atoms with van der Waals surface area (Å²) in [5.74, 6) is 0.0856. The maximum Gasteiger partial charge on any atom is 0.264 e. The molecule has 1 saturated heterocycles. The molecule has 1 fully saturated rings. The second-order valence-corrected chi connectivity index (χ2v) is 8.87. The van der Waals surface area contributed by atoms with Gasteiger partial charge in [0.15, 0.2) is 5.06 Å². The van der Waals surface area contributed by atoms with Gasteiger partial charge in [0.1, 0.15) is 5.82 Å². The predicted octanol–water partition coefficient (Wildman–Crippen LogP) is 6.08. The molecule has 1 aromatic heterocycles. The largest absolute Gasteiger partial charge is 0.483 e.